The molecule has 1 amide bonds. The first-order valence-electron chi connectivity index (χ1n) is 9.84. The highest BCUT2D eigenvalue weighted by Crippen LogP contribution is 2.31. The van der Waals surface area contributed by atoms with Crippen LogP contribution in [0.4, 0.5) is 0 Å². The number of carbonyl (C=O) groups is 1. The molecule has 0 bridgehead atoms. The Hall–Kier alpha value is -2.80. The zero-order valence-electron chi connectivity index (χ0n) is 16.9. The van der Waals surface area contributed by atoms with Gasteiger partial charge < -0.3 is 4.42 Å². The van der Waals surface area contributed by atoms with Crippen molar-refractivity contribution in [1.29, 1.82) is 0 Å². The van der Waals surface area contributed by atoms with E-state index < -0.39 is 0 Å². The average Bonchev–Trinajstić information content (AvgIpc) is 3.38. The lowest BCUT2D eigenvalue weighted by atomic mass is 10.1. The third-order valence-corrected chi connectivity index (χ3v) is 6.65. The van der Waals surface area contributed by atoms with Crippen molar-refractivity contribution in [3.05, 3.63) is 94.7 Å². The van der Waals surface area contributed by atoms with Gasteiger partial charge in [0.15, 0.2) is 5.17 Å². The highest BCUT2D eigenvalue weighted by Gasteiger charge is 2.37. The van der Waals surface area contributed by atoms with Crippen molar-refractivity contribution in [3.63, 3.8) is 0 Å². The third-order valence-electron chi connectivity index (χ3n) is 4.75. The number of hydrogen-bond donors (Lipinski definition) is 0. The smallest absolute Gasteiger partial charge is 0.242 e. The van der Waals surface area contributed by atoms with Crippen LogP contribution in [0.25, 0.3) is 11.3 Å². The fourth-order valence-corrected chi connectivity index (χ4v) is 4.67. The van der Waals surface area contributed by atoms with Gasteiger partial charge in [-0.25, -0.2) is 0 Å². The Labute approximate surface area is 200 Å². The second kappa shape index (κ2) is 10.2. The van der Waals surface area contributed by atoms with Gasteiger partial charge in [0.2, 0.25) is 5.91 Å². The molecule has 162 valence electrons. The van der Waals surface area contributed by atoms with Gasteiger partial charge in [0, 0.05) is 12.1 Å². The molecule has 1 unspecified atom stereocenters. The number of carbonyl (C=O) groups excluding carboxylic acids is 1. The van der Waals surface area contributed by atoms with E-state index in [1.807, 2.05) is 48.5 Å². The Morgan fingerprint density at radius 2 is 1.91 bits per heavy atom. The van der Waals surface area contributed by atoms with Crippen LogP contribution in [0.5, 0.6) is 0 Å². The van der Waals surface area contributed by atoms with E-state index in [1.165, 1.54) is 18.0 Å². The molecule has 1 fully saturated rings. The van der Waals surface area contributed by atoms with E-state index >= 15 is 0 Å². The highest BCUT2D eigenvalue weighted by molar-refractivity contribution is 8.15. The van der Waals surface area contributed by atoms with Gasteiger partial charge in [-0.2, -0.15) is 5.10 Å². The predicted molar refractivity (Wildman–Crippen MR) is 133 cm³/mol. The molecule has 1 aliphatic rings. The lowest BCUT2D eigenvalue weighted by molar-refractivity contribution is -0.125. The van der Waals surface area contributed by atoms with Crippen molar-refractivity contribution in [1.82, 2.24) is 4.90 Å². The molecule has 1 atom stereocenters. The first-order valence-corrected chi connectivity index (χ1v) is 11.5. The Balaban J connectivity index is 1.48. The number of halogens is 2. The van der Waals surface area contributed by atoms with Gasteiger partial charge in [-0.1, -0.05) is 77.4 Å². The quantitative estimate of drug-likeness (QED) is 0.224. The second-order valence-electron chi connectivity index (χ2n) is 6.99. The summed E-state index contributed by atoms with van der Waals surface area (Å²) in [6.45, 7) is 4.10. The molecule has 1 aliphatic heterocycles. The van der Waals surface area contributed by atoms with Crippen molar-refractivity contribution in [3.8, 4) is 11.3 Å². The Morgan fingerprint density at radius 1 is 1.09 bits per heavy atom. The zero-order valence-corrected chi connectivity index (χ0v) is 19.3. The number of thioether (sulfide) groups is 1. The molecule has 2 heterocycles. The maximum Gasteiger partial charge on any atom is 0.242 e. The van der Waals surface area contributed by atoms with Crippen LogP contribution in [0.15, 0.2) is 87.9 Å². The Kier molecular flexibility index (Phi) is 7.15. The second-order valence-corrected chi connectivity index (χ2v) is 8.98. The number of nitrogens with zero attached hydrogens (tertiary/aromatic N) is 3. The van der Waals surface area contributed by atoms with Crippen LogP contribution in [0.1, 0.15) is 11.3 Å². The maximum atomic E-state index is 12.9. The number of hydrogen-bond acceptors (Lipinski definition) is 5. The molecule has 0 aliphatic carbocycles. The molecular formula is C24H19Cl2N3O2S. The van der Waals surface area contributed by atoms with Gasteiger partial charge in [-0.3, -0.25) is 9.69 Å². The summed E-state index contributed by atoms with van der Waals surface area (Å²) >= 11 is 13.5. The van der Waals surface area contributed by atoms with E-state index in [-0.39, 0.29) is 11.2 Å². The van der Waals surface area contributed by atoms with Crippen LogP contribution in [-0.2, 0) is 11.2 Å². The summed E-state index contributed by atoms with van der Waals surface area (Å²) in [6, 6.07) is 18.9. The summed E-state index contributed by atoms with van der Waals surface area (Å²) < 4.78 is 5.81. The number of amides is 1. The molecular weight excluding hydrogens is 465 g/mol. The molecule has 5 nitrogen and oxygen atoms in total. The van der Waals surface area contributed by atoms with Crippen molar-refractivity contribution < 1.29 is 9.21 Å². The first-order chi connectivity index (χ1) is 15.5. The molecule has 8 heteroatoms. The van der Waals surface area contributed by atoms with E-state index in [1.54, 1.807) is 23.1 Å². The number of furan rings is 1. The van der Waals surface area contributed by atoms with E-state index in [9.17, 15) is 4.79 Å². The minimum absolute atomic E-state index is 0.0423. The van der Waals surface area contributed by atoms with E-state index in [4.69, 9.17) is 27.6 Å². The van der Waals surface area contributed by atoms with Crippen LogP contribution in [0.3, 0.4) is 0 Å². The average molecular weight is 484 g/mol. The van der Waals surface area contributed by atoms with Crippen LogP contribution in [-0.4, -0.2) is 34.0 Å². The fraction of sp³-hybridized carbons (Fsp3) is 0.125. The summed E-state index contributed by atoms with van der Waals surface area (Å²) in [4.78, 5) is 14.5. The van der Waals surface area contributed by atoms with E-state index in [0.29, 0.717) is 33.9 Å². The fourth-order valence-electron chi connectivity index (χ4n) is 3.21. The van der Waals surface area contributed by atoms with E-state index in [0.717, 1.165) is 16.9 Å². The van der Waals surface area contributed by atoms with Gasteiger partial charge in [0.05, 0.1) is 21.5 Å². The number of benzene rings is 2. The largest absolute Gasteiger partial charge is 0.455 e. The molecule has 32 heavy (non-hydrogen) atoms. The van der Waals surface area contributed by atoms with Crippen molar-refractivity contribution >= 4 is 52.3 Å². The SMILES string of the molecule is C=CCN1C(=O)C(Cc2ccc(Cl)c(Cl)c2)SC1=NN=Cc1ccc(-c2ccccc2)o1. The van der Waals surface area contributed by atoms with Gasteiger partial charge in [0.25, 0.3) is 0 Å². The van der Waals surface area contributed by atoms with Crippen molar-refractivity contribution in [2.75, 3.05) is 6.54 Å². The molecule has 0 spiro atoms. The van der Waals surface area contributed by atoms with Gasteiger partial charge in [0.1, 0.15) is 11.5 Å². The summed E-state index contributed by atoms with van der Waals surface area (Å²) in [5, 5.41) is 9.57. The normalized spacial score (nSPS) is 17.6. The molecule has 0 radical (unpaired) electrons. The highest BCUT2D eigenvalue weighted by atomic mass is 35.5. The molecule has 0 N–H and O–H groups in total. The third kappa shape index (κ3) is 5.15. The molecule has 1 aromatic heterocycles. The Bertz CT molecular complexity index is 1190. The van der Waals surface area contributed by atoms with Crippen LogP contribution < -0.4 is 0 Å². The molecule has 2 aromatic carbocycles. The van der Waals surface area contributed by atoms with Gasteiger partial charge in [-0.05, 0) is 36.2 Å². The summed E-state index contributed by atoms with van der Waals surface area (Å²) in [7, 11) is 0. The molecule has 1 saturated heterocycles. The first kappa shape index (κ1) is 22.4. The molecule has 3 aromatic rings. The summed E-state index contributed by atoms with van der Waals surface area (Å²) in [6.07, 6.45) is 3.70. The predicted octanol–water partition coefficient (Wildman–Crippen LogP) is 6.32. The number of rotatable bonds is 7. The molecule has 4 rings (SSSR count). The van der Waals surface area contributed by atoms with Crippen LogP contribution >= 0.6 is 35.0 Å². The standard InChI is InChI=1S/C24H19Cl2N3O2S/c1-2-12-29-23(30)22(14-16-8-10-19(25)20(26)13-16)32-24(29)28-27-15-18-9-11-21(31-18)17-6-4-3-5-7-17/h2-11,13,15,22H,1,12,14H2. The monoisotopic (exact) mass is 483 g/mol. The summed E-state index contributed by atoms with van der Waals surface area (Å²) in [5.41, 5.74) is 1.91. The lowest BCUT2D eigenvalue weighted by Crippen LogP contribution is -2.32. The zero-order chi connectivity index (χ0) is 22.5. The minimum atomic E-state index is -0.325. The number of amidine groups is 1. The Morgan fingerprint density at radius 3 is 2.66 bits per heavy atom. The minimum Gasteiger partial charge on any atom is -0.455 e. The maximum absolute atomic E-state index is 12.9. The van der Waals surface area contributed by atoms with Gasteiger partial charge >= 0.3 is 0 Å². The topological polar surface area (TPSA) is 58.2 Å². The van der Waals surface area contributed by atoms with Crippen molar-refractivity contribution in [2.45, 2.75) is 11.7 Å². The molecule has 0 saturated carbocycles. The van der Waals surface area contributed by atoms with Gasteiger partial charge in [-0.15, -0.1) is 11.7 Å². The van der Waals surface area contributed by atoms with Crippen molar-refractivity contribution in [2.24, 2.45) is 10.2 Å². The van der Waals surface area contributed by atoms with E-state index in [2.05, 4.69) is 16.8 Å². The van der Waals surface area contributed by atoms with Crippen LogP contribution in [0, 0.1) is 0 Å². The lowest BCUT2D eigenvalue weighted by Gasteiger charge is -2.13. The summed E-state index contributed by atoms with van der Waals surface area (Å²) in [5.74, 6) is 1.28. The van der Waals surface area contributed by atoms with Crippen LogP contribution in [0.2, 0.25) is 10.0 Å².